The highest BCUT2D eigenvalue weighted by molar-refractivity contribution is 7.87. The lowest BCUT2D eigenvalue weighted by Crippen LogP contribution is -2.66. The third-order valence-electron chi connectivity index (χ3n) is 6.17. The Morgan fingerprint density at radius 3 is 1.25 bits per heavy atom. The van der Waals surface area contributed by atoms with Gasteiger partial charge in [-0.3, -0.25) is 8.37 Å². The first-order chi connectivity index (χ1) is 16.7. The van der Waals surface area contributed by atoms with E-state index in [4.69, 9.17) is 27.3 Å². The van der Waals surface area contributed by atoms with Crippen LogP contribution < -0.4 is 0 Å². The van der Waals surface area contributed by atoms with Crippen molar-refractivity contribution < 1.29 is 44.1 Å². The lowest BCUT2D eigenvalue weighted by Gasteiger charge is -2.51. The van der Waals surface area contributed by atoms with Crippen molar-refractivity contribution in [1.82, 2.24) is 0 Å². The number of methoxy groups -OCH3 is 2. The number of hydrogen-bond acceptors (Lipinski definition) is 10. The smallest absolute Gasteiger partial charge is 0.297 e. The van der Waals surface area contributed by atoms with Crippen LogP contribution in [0, 0.1) is 13.8 Å². The minimum atomic E-state index is -4.14. The van der Waals surface area contributed by atoms with Gasteiger partial charge in [0.2, 0.25) is 11.6 Å². The zero-order valence-corrected chi connectivity index (χ0v) is 22.7. The van der Waals surface area contributed by atoms with E-state index in [2.05, 4.69) is 0 Å². The molecular weight excluding hydrogens is 512 g/mol. The van der Waals surface area contributed by atoms with Crippen molar-refractivity contribution in [3.05, 3.63) is 59.7 Å². The molecule has 4 atom stereocenters. The summed E-state index contributed by atoms with van der Waals surface area (Å²) in [6.07, 6.45) is -2.18. The van der Waals surface area contributed by atoms with Gasteiger partial charge in [0.1, 0.15) is 12.2 Å². The predicted molar refractivity (Wildman–Crippen MR) is 129 cm³/mol. The summed E-state index contributed by atoms with van der Waals surface area (Å²) in [6.45, 7) is 5.79. The Bertz CT molecular complexity index is 1140. The maximum Gasteiger partial charge on any atom is 0.297 e. The molecule has 2 aromatic carbocycles. The van der Waals surface area contributed by atoms with Crippen LogP contribution in [-0.4, -0.2) is 68.1 Å². The van der Waals surface area contributed by atoms with Gasteiger partial charge < -0.3 is 18.9 Å². The van der Waals surface area contributed by atoms with Crippen LogP contribution in [0.4, 0.5) is 0 Å². The van der Waals surface area contributed by atoms with Gasteiger partial charge in [-0.2, -0.15) is 16.8 Å². The van der Waals surface area contributed by atoms with E-state index in [9.17, 15) is 16.8 Å². The van der Waals surface area contributed by atoms with Gasteiger partial charge in [0.25, 0.3) is 20.2 Å². The quantitative estimate of drug-likeness (QED) is 0.412. The van der Waals surface area contributed by atoms with Crippen molar-refractivity contribution in [1.29, 1.82) is 0 Å². The summed E-state index contributed by atoms with van der Waals surface area (Å²) >= 11 is 0. The fourth-order valence-electron chi connectivity index (χ4n) is 3.55. The lowest BCUT2D eigenvalue weighted by atomic mass is 10.0. The summed E-state index contributed by atoms with van der Waals surface area (Å²) in [5, 5.41) is 0. The third kappa shape index (κ3) is 6.14. The van der Waals surface area contributed by atoms with Crippen LogP contribution >= 0.6 is 0 Å². The molecule has 0 radical (unpaired) electrons. The van der Waals surface area contributed by atoms with Crippen LogP contribution in [0.15, 0.2) is 58.3 Å². The maximum atomic E-state index is 12.7. The normalized spacial score (nSPS) is 27.2. The highest BCUT2D eigenvalue weighted by Gasteiger charge is 2.57. The Hall–Kier alpha value is -1.90. The molecule has 12 heteroatoms. The molecule has 1 heterocycles. The molecule has 2 aromatic rings. The summed E-state index contributed by atoms with van der Waals surface area (Å²) < 4.78 is 84.5. The van der Waals surface area contributed by atoms with E-state index in [1.54, 1.807) is 38.1 Å². The van der Waals surface area contributed by atoms with Crippen molar-refractivity contribution in [2.75, 3.05) is 27.4 Å². The molecule has 0 spiro atoms. The van der Waals surface area contributed by atoms with Crippen LogP contribution in [0.3, 0.4) is 0 Å². The first-order valence-corrected chi connectivity index (χ1v) is 13.9. The largest absolute Gasteiger partial charge is 0.349 e. The van der Waals surface area contributed by atoms with Gasteiger partial charge >= 0.3 is 0 Å². The topological polar surface area (TPSA) is 124 Å². The Balaban J connectivity index is 1.83. The summed E-state index contributed by atoms with van der Waals surface area (Å²) in [7, 11) is -5.52. The van der Waals surface area contributed by atoms with Gasteiger partial charge in [-0.25, -0.2) is 0 Å². The standard InChI is InChI=1S/C24H32O10S2/c1-17-7-11-19(12-8-17)35(25,26)31-15-21-22(34-24(4,30-6)23(3,29-5)33-21)16-32-36(27,28)20-13-9-18(2)10-14-20/h7-14,21-22H,15-16H2,1-6H3. The first kappa shape index (κ1) is 28.7. The van der Waals surface area contributed by atoms with Crippen LogP contribution in [-0.2, 0) is 47.5 Å². The van der Waals surface area contributed by atoms with Gasteiger partial charge in [-0.15, -0.1) is 0 Å². The molecule has 3 rings (SSSR count). The second kappa shape index (κ2) is 10.8. The molecule has 4 unspecified atom stereocenters. The van der Waals surface area contributed by atoms with Crippen LogP contribution in [0.2, 0.25) is 0 Å². The first-order valence-electron chi connectivity index (χ1n) is 11.1. The SMILES string of the molecule is COC1(C)OC(COS(=O)(=O)c2ccc(C)cc2)C(COS(=O)(=O)c2ccc(C)cc2)OC1(C)OC. The molecule has 1 fully saturated rings. The third-order valence-corrected chi connectivity index (χ3v) is 8.76. The average molecular weight is 545 g/mol. The van der Waals surface area contributed by atoms with E-state index in [-0.39, 0.29) is 9.79 Å². The van der Waals surface area contributed by atoms with Crippen LogP contribution in [0.1, 0.15) is 25.0 Å². The van der Waals surface area contributed by atoms with Gasteiger partial charge in [0, 0.05) is 14.2 Å². The van der Waals surface area contributed by atoms with E-state index in [1.165, 1.54) is 38.5 Å². The second-order valence-corrected chi connectivity index (χ2v) is 11.9. The predicted octanol–water partition coefficient (Wildman–Crippen LogP) is 2.92. The number of aryl methyl sites for hydroxylation is 2. The van der Waals surface area contributed by atoms with Crippen molar-refractivity contribution in [3.63, 3.8) is 0 Å². The highest BCUT2D eigenvalue weighted by atomic mass is 32.2. The number of hydrogen-bond donors (Lipinski definition) is 0. The van der Waals surface area contributed by atoms with Crippen molar-refractivity contribution >= 4 is 20.2 Å². The Kier molecular flexibility index (Phi) is 8.63. The Morgan fingerprint density at radius 1 is 0.667 bits per heavy atom. The molecule has 0 N–H and O–H groups in total. The van der Waals surface area contributed by atoms with E-state index < -0.39 is 57.2 Å². The monoisotopic (exact) mass is 544 g/mol. The zero-order chi connectivity index (χ0) is 26.8. The second-order valence-electron chi connectivity index (χ2n) is 8.72. The van der Waals surface area contributed by atoms with Gasteiger partial charge in [0.15, 0.2) is 0 Å². The fraction of sp³-hybridized carbons (Fsp3) is 0.500. The van der Waals surface area contributed by atoms with E-state index >= 15 is 0 Å². The number of ether oxygens (including phenoxy) is 4. The molecule has 0 saturated carbocycles. The highest BCUT2D eigenvalue weighted by Crippen LogP contribution is 2.39. The number of benzene rings is 2. The lowest BCUT2D eigenvalue weighted by molar-refractivity contribution is -0.450. The van der Waals surface area contributed by atoms with Gasteiger partial charge in [-0.05, 0) is 52.0 Å². The van der Waals surface area contributed by atoms with E-state index in [1.807, 2.05) is 13.8 Å². The molecule has 0 amide bonds. The summed E-state index contributed by atoms with van der Waals surface area (Å²) in [4.78, 5) is -0.0633. The molecular formula is C24H32O10S2. The summed E-state index contributed by atoms with van der Waals surface area (Å²) in [5.41, 5.74) is 1.78. The molecule has 0 aromatic heterocycles. The molecule has 0 aliphatic carbocycles. The minimum Gasteiger partial charge on any atom is -0.349 e. The maximum absolute atomic E-state index is 12.7. The van der Waals surface area contributed by atoms with Crippen molar-refractivity contribution in [3.8, 4) is 0 Å². The molecule has 1 aliphatic rings. The van der Waals surface area contributed by atoms with Gasteiger partial charge in [-0.1, -0.05) is 35.4 Å². The minimum absolute atomic E-state index is 0.0317. The molecule has 10 nitrogen and oxygen atoms in total. The van der Waals surface area contributed by atoms with E-state index in [0.717, 1.165) is 11.1 Å². The summed E-state index contributed by atoms with van der Waals surface area (Å²) in [5.74, 6) is -2.95. The Labute approximate surface area is 212 Å². The molecule has 1 aliphatic heterocycles. The molecule has 1 saturated heterocycles. The van der Waals surface area contributed by atoms with Crippen LogP contribution in [0.25, 0.3) is 0 Å². The van der Waals surface area contributed by atoms with Gasteiger partial charge in [0.05, 0.1) is 23.0 Å². The Morgan fingerprint density at radius 2 is 0.972 bits per heavy atom. The average Bonchev–Trinajstić information content (AvgIpc) is 2.84. The van der Waals surface area contributed by atoms with Crippen molar-refractivity contribution in [2.24, 2.45) is 0 Å². The van der Waals surface area contributed by atoms with E-state index in [0.29, 0.717) is 0 Å². The molecule has 0 bridgehead atoms. The summed E-state index contributed by atoms with van der Waals surface area (Å²) in [6, 6.07) is 12.3. The molecule has 36 heavy (non-hydrogen) atoms. The fourth-order valence-corrected chi connectivity index (χ4v) is 5.39. The molecule has 200 valence electrons. The van der Waals surface area contributed by atoms with Crippen molar-refractivity contribution in [2.45, 2.75) is 61.3 Å². The van der Waals surface area contributed by atoms with Crippen LogP contribution in [0.5, 0.6) is 0 Å². The number of rotatable bonds is 10. The zero-order valence-electron chi connectivity index (χ0n) is 21.1.